The molecular weight excluding hydrogens is 278 g/mol. The van der Waals surface area contributed by atoms with E-state index in [4.69, 9.17) is 23.2 Å². The summed E-state index contributed by atoms with van der Waals surface area (Å²) in [4.78, 5) is 13.6. The fourth-order valence-electron chi connectivity index (χ4n) is 1.95. The lowest BCUT2D eigenvalue weighted by Gasteiger charge is -2.17. The molecule has 1 amide bonds. The van der Waals surface area contributed by atoms with E-state index >= 15 is 0 Å². The summed E-state index contributed by atoms with van der Waals surface area (Å²) in [6.07, 6.45) is 2.09. The van der Waals surface area contributed by atoms with Crippen molar-refractivity contribution in [2.24, 2.45) is 0 Å². The molecular formula is C12H13Cl2FN2O. The third kappa shape index (κ3) is 3.06. The zero-order valence-electron chi connectivity index (χ0n) is 9.68. The van der Waals surface area contributed by atoms with Crippen LogP contribution in [0, 0.1) is 5.82 Å². The second-order valence-electron chi connectivity index (χ2n) is 4.19. The van der Waals surface area contributed by atoms with Crippen LogP contribution in [0.5, 0.6) is 0 Å². The maximum atomic E-state index is 13.0. The van der Waals surface area contributed by atoms with Gasteiger partial charge in [0.05, 0.1) is 22.3 Å². The van der Waals surface area contributed by atoms with Crippen LogP contribution >= 0.6 is 23.2 Å². The molecule has 1 aliphatic heterocycles. The maximum absolute atomic E-state index is 13.0. The van der Waals surface area contributed by atoms with Gasteiger partial charge >= 0.3 is 0 Å². The lowest BCUT2D eigenvalue weighted by molar-refractivity contribution is -0.128. The van der Waals surface area contributed by atoms with Gasteiger partial charge < -0.3 is 10.2 Å². The molecule has 1 saturated heterocycles. The molecule has 3 nitrogen and oxygen atoms in total. The molecule has 0 saturated carbocycles. The molecule has 0 radical (unpaired) electrons. The van der Waals surface area contributed by atoms with E-state index in [0.717, 1.165) is 38.1 Å². The zero-order valence-corrected chi connectivity index (χ0v) is 11.2. The van der Waals surface area contributed by atoms with Crippen LogP contribution in [-0.4, -0.2) is 30.4 Å². The van der Waals surface area contributed by atoms with Gasteiger partial charge in [0, 0.05) is 13.1 Å². The summed E-state index contributed by atoms with van der Waals surface area (Å²) in [5.74, 6) is -0.495. The number of hydrogen-bond donors (Lipinski definition) is 1. The molecule has 0 unspecified atom stereocenters. The number of rotatable bonds is 3. The topological polar surface area (TPSA) is 32.3 Å². The van der Waals surface area contributed by atoms with E-state index < -0.39 is 5.82 Å². The normalized spacial score (nSPS) is 14.9. The molecule has 2 rings (SSSR count). The number of benzene rings is 1. The minimum Gasteiger partial charge on any atom is -0.374 e. The highest BCUT2D eigenvalue weighted by molar-refractivity contribution is 6.39. The average molecular weight is 291 g/mol. The van der Waals surface area contributed by atoms with E-state index in [1.807, 2.05) is 0 Å². The smallest absolute Gasteiger partial charge is 0.241 e. The molecule has 0 aliphatic carbocycles. The highest BCUT2D eigenvalue weighted by Gasteiger charge is 2.18. The fourth-order valence-corrected chi connectivity index (χ4v) is 2.55. The predicted octanol–water partition coefficient (Wildman–Crippen LogP) is 3.17. The van der Waals surface area contributed by atoms with Gasteiger partial charge in [-0.3, -0.25) is 4.79 Å². The number of anilines is 1. The van der Waals surface area contributed by atoms with E-state index in [0.29, 0.717) is 5.69 Å². The van der Waals surface area contributed by atoms with Gasteiger partial charge in [-0.25, -0.2) is 4.39 Å². The second-order valence-corrected chi connectivity index (χ2v) is 5.00. The number of carbonyl (C=O) groups is 1. The first-order valence-electron chi connectivity index (χ1n) is 5.74. The Balaban J connectivity index is 1.99. The number of nitrogens with one attached hydrogen (secondary N) is 1. The number of halogens is 3. The van der Waals surface area contributed by atoms with Crippen molar-refractivity contribution < 1.29 is 9.18 Å². The van der Waals surface area contributed by atoms with Crippen LogP contribution in [0.2, 0.25) is 10.0 Å². The van der Waals surface area contributed by atoms with Crippen molar-refractivity contribution >= 4 is 34.8 Å². The van der Waals surface area contributed by atoms with Gasteiger partial charge in [0.15, 0.2) is 0 Å². The third-order valence-corrected chi connectivity index (χ3v) is 3.48. The molecule has 18 heavy (non-hydrogen) atoms. The van der Waals surface area contributed by atoms with Crippen molar-refractivity contribution in [2.75, 3.05) is 25.0 Å². The SMILES string of the molecule is O=C(CNc1c(Cl)cc(F)cc1Cl)N1CCCC1. The van der Waals surface area contributed by atoms with Gasteiger partial charge in [-0.1, -0.05) is 23.2 Å². The van der Waals surface area contributed by atoms with Gasteiger partial charge in [-0.2, -0.15) is 0 Å². The number of likely N-dealkylation sites (tertiary alicyclic amines) is 1. The molecule has 98 valence electrons. The van der Waals surface area contributed by atoms with E-state index in [1.165, 1.54) is 0 Å². The van der Waals surface area contributed by atoms with Crippen molar-refractivity contribution in [1.82, 2.24) is 4.90 Å². The standard InChI is InChI=1S/C12H13Cl2FN2O/c13-9-5-8(15)6-10(14)12(9)16-7-11(18)17-3-1-2-4-17/h5-6,16H,1-4,7H2. The Labute approximate surface area is 115 Å². The van der Waals surface area contributed by atoms with Crippen molar-refractivity contribution in [3.05, 3.63) is 28.0 Å². The highest BCUT2D eigenvalue weighted by Crippen LogP contribution is 2.31. The summed E-state index contributed by atoms with van der Waals surface area (Å²) in [5, 5.41) is 3.21. The minimum atomic E-state index is -0.499. The molecule has 1 N–H and O–H groups in total. The average Bonchev–Trinajstić information content (AvgIpc) is 2.80. The van der Waals surface area contributed by atoms with Crippen molar-refractivity contribution in [1.29, 1.82) is 0 Å². The van der Waals surface area contributed by atoms with Gasteiger partial charge in [0.2, 0.25) is 5.91 Å². The maximum Gasteiger partial charge on any atom is 0.241 e. The third-order valence-electron chi connectivity index (χ3n) is 2.88. The Morgan fingerprint density at radius 1 is 1.28 bits per heavy atom. The Bertz CT molecular complexity index is 438. The quantitative estimate of drug-likeness (QED) is 0.927. The minimum absolute atomic E-state index is 0.00367. The van der Waals surface area contributed by atoms with Crippen LogP contribution in [0.4, 0.5) is 10.1 Å². The first kappa shape index (κ1) is 13.4. The molecule has 1 aliphatic rings. The van der Waals surface area contributed by atoms with Crippen molar-refractivity contribution in [3.63, 3.8) is 0 Å². The molecule has 1 heterocycles. The van der Waals surface area contributed by atoms with Crippen LogP contribution in [0.1, 0.15) is 12.8 Å². The molecule has 0 spiro atoms. The first-order chi connectivity index (χ1) is 8.58. The summed E-state index contributed by atoms with van der Waals surface area (Å²) < 4.78 is 13.0. The summed E-state index contributed by atoms with van der Waals surface area (Å²) in [7, 11) is 0. The number of amides is 1. The lowest BCUT2D eigenvalue weighted by atomic mass is 10.3. The molecule has 1 fully saturated rings. The highest BCUT2D eigenvalue weighted by atomic mass is 35.5. The summed E-state index contributed by atoms with van der Waals surface area (Å²) in [6.45, 7) is 1.71. The van der Waals surface area contributed by atoms with Gasteiger partial charge in [0.1, 0.15) is 5.82 Å². The lowest BCUT2D eigenvalue weighted by Crippen LogP contribution is -2.33. The largest absolute Gasteiger partial charge is 0.374 e. The molecule has 0 bridgehead atoms. The Kier molecular flexibility index (Phi) is 4.30. The van der Waals surface area contributed by atoms with E-state index in [9.17, 15) is 9.18 Å². The summed E-state index contributed by atoms with van der Waals surface area (Å²) in [5.41, 5.74) is 0.396. The number of hydrogen-bond acceptors (Lipinski definition) is 2. The van der Waals surface area contributed by atoms with Gasteiger partial charge in [0.25, 0.3) is 0 Å². The van der Waals surface area contributed by atoms with Crippen LogP contribution in [0.25, 0.3) is 0 Å². The van der Waals surface area contributed by atoms with Crippen LogP contribution < -0.4 is 5.32 Å². The van der Waals surface area contributed by atoms with E-state index in [-0.39, 0.29) is 22.5 Å². The molecule has 0 atom stereocenters. The molecule has 6 heteroatoms. The van der Waals surface area contributed by atoms with E-state index in [2.05, 4.69) is 5.32 Å². The Morgan fingerprint density at radius 2 is 1.83 bits per heavy atom. The molecule has 1 aromatic rings. The van der Waals surface area contributed by atoms with Crippen molar-refractivity contribution in [3.8, 4) is 0 Å². The molecule has 0 aromatic heterocycles. The van der Waals surface area contributed by atoms with E-state index in [1.54, 1.807) is 4.90 Å². The fraction of sp³-hybridized carbons (Fsp3) is 0.417. The molecule has 1 aromatic carbocycles. The zero-order chi connectivity index (χ0) is 13.1. The monoisotopic (exact) mass is 290 g/mol. The predicted molar refractivity (Wildman–Crippen MR) is 70.7 cm³/mol. The van der Waals surface area contributed by atoms with Gasteiger partial charge in [-0.15, -0.1) is 0 Å². The van der Waals surface area contributed by atoms with Crippen LogP contribution in [0.15, 0.2) is 12.1 Å². The first-order valence-corrected chi connectivity index (χ1v) is 6.49. The summed E-state index contributed by atoms with van der Waals surface area (Å²) >= 11 is 11.7. The van der Waals surface area contributed by atoms with Crippen LogP contribution in [-0.2, 0) is 4.79 Å². The van der Waals surface area contributed by atoms with Gasteiger partial charge in [-0.05, 0) is 25.0 Å². The second kappa shape index (κ2) is 5.76. The Hall–Kier alpha value is -1.00. The summed E-state index contributed by atoms with van der Waals surface area (Å²) in [6, 6.07) is 2.33. The number of carbonyl (C=O) groups excluding carboxylic acids is 1. The number of nitrogens with zero attached hydrogens (tertiary/aromatic N) is 1. The van der Waals surface area contributed by atoms with Crippen LogP contribution in [0.3, 0.4) is 0 Å². The van der Waals surface area contributed by atoms with Crippen molar-refractivity contribution in [2.45, 2.75) is 12.8 Å². The Morgan fingerprint density at radius 3 is 2.39 bits per heavy atom.